The van der Waals surface area contributed by atoms with Crippen LogP contribution in [0.25, 0.3) is 101 Å². The Labute approximate surface area is 319 Å². The van der Waals surface area contributed by atoms with Crippen LogP contribution in [0.5, 0.6) is 0 Å². The van der Waals surface area contributed by atoms with Gasteiger partial charge in [0.05, 0.1) is 0 Å². The van der Waals surface area contributed by atoms with Gasteiger partial charge in [0.2, 0.25) is 0 Å². The Morgan fingerprint density at radius 1 is 0.255 bits per heavy atom. The molecule has 55 heavy (non-hydrogen) atoms. The molecule has 258 valence electrons. The van der Waals surface area contributed by atoms with E-state index in [1.165, 1.54) is 5.56 Å². The lowest BCUT2D eigenvalue weighted by atomic mass is 9.98. The summed E-state index contributed by atoms with van der Waals surface area (Å²) in [5.74, 6) is 1.88. The lowest BCUT2D eigenvalue weighted by molar-refractivity contribution is 0.670. The molecule has 0 aliphatic rings. The fourth-order valence-corrected chi connectivity index (χ4v) is 7.37. The van der Waals surface area contributed by atoms with Crippen molar-refractivity contribution < 1.29 is 4.42 Å². The molecule has 0 saturated heterocycles. The zero-order valence-corrected chi connectivity index (χ0v) is 29.8. The molecule has 0 atom stereocenters. The van der Waals surface area contributed by atoms with Crippen molar-refractivity contribution in [2.45, 2.75) is 0 Å². The Kier molecular flexibility index (Phi) is 8.12. The van der Waals surface area contributed by atoms with Gasteiger partial charge in [-0.2, -0.15) is 0 Å². The van der Waals surface area contributed by atoms with E-state index in [0.717, 1.165) is 77.6 Å². The summed E-state index contributed by atoms with van der Waals surface area (Å²) in [6.07, 6.45) is 0. The minimum atomic E-state index is 0.621. The van der Waals surface area contributed by atoms with E-state index in [-0.39, 0.29) is 0 Å². The topological polar surface area (TPSA) is 51.8 Å². The molecule has 0 bridgehead atoms. The van der Waals surface area contributed by atoms with Gasteiger partial charge in [0, 0.05) is 33.0 Å². The molecule has 0 spiro atoms. The van der Waals surface area contributed by atoms with Gasteiger partial charge in [-0.05, 0) is 45.0 Å². The van der Waals surface area contributed by atoms with E-state index >= 15 is 0 Å². The van der Waals surface area contributed by atoms with Crippen molar-refractivity contribution in [3.8, 4) is 78.7 Å². The molecule has 0 amide bonds. The summed E-state index contributed by atoms with van der Waals surface area (Å²) in [7, 11) is 0. The highest BCUT2D eigenvalue weighted by Crippen LogP contribution is 2.37. The average molecular weight is 704 g/mol. The highest BCUT2D eigenvalue weighted by Gasteiger charge is 2.17. The number of para-hydroxylation sites is 2. The van der Waals surface area contributed by atoms with Crippen LogP contribution in [0.15, 0.2) is 205 Å². The van der Waals surface area contributed by atoms with Gasteiger partial charge < -0.3 is 4.42 Å². The van der Waals surface area contributed by atoms with Gasteiger partial charge in [-0.25, -0.2) is 15.0 Å². The first-order valence-electron chi connectivity index (χ1n) is 18.4. The van der Waals surface area contributed by atoms with Crippen molar-refractivity contribution in [2.75, 3.05) is 0 Å². The fraction of sp³-hybridized carbons (Fsp3) is 0. The maximum absolute atomic E-state index is 6.32. The molecule has 0 aliphatic heterocycles. The Balaban J connectivity index is 1.01. The standard InChI is InChI=1S/C51H33N3O/c1-3-12-34(13-4-1)35-24-30-40(31-25-35)49-52-50(54-51(53-49)46-18-8-7-16-42(46)38-14-5-2-6-15-38)41-32-26-37(27-33-41)36-22-28-39(29-23-36)43-19-11-20-45-44-17-9-10-21-47(44)55-48(43)45/h1-33H. The first-order chi connectivity index (χ1) is 27.2. The highest BCUT2D eigenvalue weighted by atomic mass is 16.3. The molecule has 0 N–H and O–H groups in total. The Bertz CT molecular complexity index is 2930. The number of hydrogen-bond donors (Lipinski definition) is 0. The minimum absolute atomic E-state index is 0.621. The van der Waals surface area contributed by atoms with Crippen molar-refractivity contribution >= 4 is 21.9 Å². The van der Waals surface area contributed by atoms with Gasteiger partial charge in [0.25, 0.3) is 0 Å². The van der Waals surface area contributed by atoms with Crippen molar-refractivity contribution in [3.05, 3.63) is 200 Å². The van der Waals surface area contributed by atoms with E-state index < -0.39 is 0 Å². The predicted molar refractivity (Wildman–Crippen MR) is 225 cm³/mol. The van der Waals surface area contributed by atoms with Crippen LogP contribution < -0.4 is 0 Å². The summed E-state index contributed by atoms with van der Waals surface area (Å²) in [6.45, 7) is 0. The number of furan rings is 1. The van der Waals surface area contributed by atoms with Crippen molar-refractivity contribution in [3.63, 3.8) is 0 Å². The minimum Gasteiger partial charge on any atom is -0.455 e. The quantitative estimate of drug-likeness (QED) is 0.166. The number of benzene rings is 8. The van der Waals surface area contributed by atoms with Crippen LogP contribution in [0, 0.1) is 0 Å². The van der Waals surface area contributed by atoms with E-state index in [2.05, 4.69) is 170 Å². The van der Waals surface area contributed by atoms with E-state index in [1.807, 2.05) is 30.3 Å². The second-order valence-electron chi connectivity index (χ2n) is 13.6. The molecule has 0 fully saturated rings. The molecular weight excluding hydrogens is 671 g/mol. The summed E-state index contributed by atoms with van der Waals surface area (Å²) in [6, 6.07) is 69.2. The molecule has 4 heteroatoms. The third kappa shape index (κ3) is 6.16. The monoisotopic (exact) mass is 703 g/mol. The molecule has 0 radical (unpaired) electrons. The highest BCUT2D eigenvalue weighted by molar-refractivity contribution is 6.09. The van der Waals surface area contributed by atoms with E-state index in [4.69, 9.17) is 19.4 Å². The van der Waals surface area contributed by atoms with Crippen LogP contribution in [0.2, 0.25) is 0 Å². The fourth-order valence-electron chi connectivity index (χ4n) is 7.37. The van der Waals surface area contributed by atoms with Gasteiger partial charge in [-0.3, -0.25) is 0 Å². The lowest BCUT2D eigenvalue weighted by Gasteiger charge is -2.12. The number of aromatic nitrogens is 3. The molecule has 2 aromatic heterocycles. The summed E-state index contributed by atoms with van der Waals surface area (Å²) in [4.78, 5) is 15.3. The zero-order chi connectivity index (χ0) is 36.6. The third-order valence-electron chi connectivity index (χ3n) is 10.2. The smallest absolute Gasteiger partial charge is 0.164 e. The second-order valence-corrected chi connectivity index (χ2v) is 13.6. The van der Waals surface area contributed by atoms with Crippen molar-refractivity contribution in [1.82, 2.24) is 15.0 Å². The predicted octanol–water partition coefficient (Wildman–Crippen LogP) is 13.4. The summed E-state index contributed by atoms with van der Waals surface area (Å²) in [5.41, 5.74) is 13.5. The van der Waals surface area contributed by atoms with Crippen LogP contribution in [0.4, 0.5) is 0 Å². The Morgan fingerprint density at radius 2 is 0.655 bits per heavy atom. The van der Waals surface area contributed by atoms with Crippen LogP contribution >= 0.6 is 0 Å². The van der Waals surface area contributed by atoms with Gasteiger partial charge in [0.15, 0.2) is 17.5 Å². The van der Waals surface area contributed by atoms with Crippen LogP contribution in [0.3, 0.4) is 0 Å². The third-order valence-corrected chi connectivity index (χ3v) is 10.2. The molecule has 2 heterocycles. The van der Waals surface area contributed by atoms with Gasteiger partial charge in [0.1, 0.15) is 11.2 Å². The lowest BCUT2D eigenvalue weighted by Crippen LogP contribution is -2.01. The van der Waals surface area contributed by atoms with Gasteiger partial charge in [-0.1, -0.05) is 194 Å². The molecule has 0 saturated carbocycles. The summed E-state index contributed by atoms with van der Waals surface area (Å²) in [5, 5.41) is 2.26. The molecule has 10 rings (SSSR count). The first kappa shape index (κ1) is 32.2. The summed E-state index contributed by atoms with van der Waals surface area (Å²) >= 11 is 0. The Morgan fingerprint density at radius 3 is 1.27 bits per heavy atom. The van der Waals surface area contributed by atoms with Crippen LogP contribution in [0.1, 0.15) is 0 Å². The van der Waals surface area contributed by atoms with Crippen molar-refractivity contribution in [2.24, 2.45) is 0 Å². The van der Waals surface area contributed by atoms with Gasteiger partial charge >= 0.3 is 0 Å². The van der Waals surface area contributed by atoms with Gasteiger partial charge in [-0.15, -0.1) is 0 Å². The number of rotatable bonds is 7. The van der Waals surface area contributed by atoms with E-state index in [9.17, 15) is 0 Å². The maximum Gasteiger partial charge on any atom is 0.164 e. The largest absolute Gasteiger partial charge is 0.455 e. The molecule has 0 aliphatic carbocycles. The maximum atomic E-state index is 6.32. The number of fused-ring (bicyclic) bond motifs is 3. The molecule has 4 nitrogen and oxygen atoms in total. The van der Waals surface area contributed by atoms with Crippen molar-refractivity contribution in [1.29, 1.82) is 0 Å². The molecule has 0 unspecified atom stereocenters. The first-order valence-corrected chi connectivity index (χ1v) is 18.4. The second kappa shape index (κ2) is 13.8. The SMILES string of the molecule is c1ccc(-c2ccc(-c3nc(-c4ccc(-c5ccc(-c6cccc7c6oc6ccccc67)cc5)cc4)nc(-c4ccccc4-c4ccccc4)n3)cc2)cc1. The zero-order valence-electron chi connectivity index (χ0n) is 29.8. The van der Waals surface area contributed by atoms with E-state index in [1.54, 1.807) is 0 Å². The normalized spacial score (nSPS) is 11.3. The molecule has 8 aromatic carbocycles. The molecule has 10 aromatic rings. The Hall–Kier alpha value is -7.43. The summed E-state index contributed by atoms with van der Waals surface area (Å²) < 4.78 is 6.32. The van der Waals surface area contributed by atoms with E-state index in [0.29, 0.717) is 17.5 Å². The van der Waals surface area contributed by atoms with Crippen LogP contribution in [-0.2, 0) is 0 Å². The average Bonchev–Trinajstić information content (AvgIpc) is 3.66. The van der Waals surface area contributed by atoms with Crippen LogP contribution in [-0.4, -0.2) is 15.0 Å². The molecular formula is C51H33N3O. The number of nitrogens with zero attached hydrogens (tertiary/aromatic N) is 3. The number of hydrogen-bond acceptors (Lipinski definition) is 4.